The van der Waals surface area contributed by atoms with E-state index in [0.717, 1.165) is 37.7 Å². The Labute approximate surface area is 179 Å². The van der Waals surface area contributed by atoms with E-state index in [-0.39, 0.29) is 29.6 Å². The van der Waals surface area contributed by atoms with Crippen molar-refractivity contribution in [3.05, 3.63) is 23.8 Å². The summed E-state index contributed by atoms with van der Waals surface area (Å²) in [6.45, 7) is 2.15. The van der Waals surface area contributed by atoms with Gasteiger partial charge in [0.2, 0.25) is 11.8 Å². The summed E-state index contributed by atoms with van der Waals surface area (Å²) < 4.78 is 16.0. The van der Waals surface area contributed by atoms with Crippen LogP contribution in [-0.2, 0) is 14.3 Å². The molecule has 0 spiro atoms. The van der Waals surface area contributed by atoms with Gasteiger partial charge in [0.15, 0.2) is 0 Å². The highest BCUT2D eigenvalue weighted by atomic mass is 16.5. The summed E-state index contributed by atoms with van der Waals surface area (Å²) in [5.74, 6) is 1.25. The van der Waals surface area contributed by atoms with Gasteiger partial charge in [-0.15, -0.1) is 0 Å². The molecule has 7 nitrogen and oxygen atoms in total. The molecule has 0 aromatic heterocycles. The van der Waals surface area contributed by atoms with E-state index in [1.165, 1.54) is 0 Å². The Morgan fingerprint density at radius 3 is 2.53 bits per heavy atom. The van der Waals surface area contributed by atoms with E-state index < -0.39 is 0 Å². The second-order valence-corrected chi connectivity index (χ2v) is 8.18. The fourth-order valence-corrected chi connectivity index (χ4v) is 4.68. The van der Waals surface area contributed by atoms with Crippen molar-refractivity contribution in [2.75, 3.05) is 47.6 Å². The first-order chi connectivity index (χ1) is 14.6. The molecule has 1 aliphatic heterocycles. The van der Waals surface area contributed by atoms with Crippen LogP contribution in [0.25, 0.3) is 0 Å². The van der Waals surface area contributed by atoms with Crippen LogP contribution in [0.4, 0.5) is 0 Å². The number of methoxy groups -OCH3 is 3. The number of ether oxygens (including phenoxy) is 3. The van der Waals surface area contributed by atoms with Crippen LogP contribution in [0, 0.1) is 11.8 Å². The minimum Gasteiger partial charge on any atom is -0.497 e. The highest BCUT2D eigenvalue weighted by Gasteiger charge is 2.43. The minimum atomic E-state index is -0.305. The van der Waals surface area contributed by atoms with E-state index in [2.05, 4.69) is 5.32 Å². The largest absolute Gasteiger partial charge is 0.497 e. The molecule has 1 saturated heterocycles. The van der Waals surface area contributed by atoms with Crippen LogP contribution in [0.3, 0.4) is 0 Å². The van der Waals surface area contributed by atoms with Crippen LogP contribution in [-0.4, -0.2) is 64.3 Å². The SMILES string of the molecule is COCCCNC(=O)[C@H]1CN(C(=O)C2CCCC2)C[C@@H]1c1ccc(OC)cc1OC. The zero-order chi connectivity index (χ0) is 21.5. The summed E-state index contributed by atoms with van der Waals surface area (Å²) in [5, 5.41) is 3.03. The summed E-state index contributed by atoms with van der Waals surface area (Å²) in [6, 6.07) is 5.67. The Morgan fingerprint density at radius 1 is 1.10 bits per heavy atom. The van der Waals surface area contributed by atoms with Crippen LogP contribution in [0.5, 0.6) is 11.5 Å². The zero-order valence-corrected chi connectivity index (χ0v) is 18.3. The summed E-state index contributed by atoms with van der Waals surface area (Å²) in [7, 11) is 4.88. The Balaban J connectivity index is 1.81. The molecule has 1 saturated carbocycles. The Morgan fingerprint density at radius 2 is 1.87 bits per heavy atom. The van der Waals surface area contributed by atoms with Gasteiger partial charge in [0, 0.05) is 56.8 Å². The van der Waals surface area contributed by atoms with Crippen molar-refractivity contribution < 1.29 is 23.8 Å². The molecule has 1 aromatic carbocycles. The third kappa shape index (κ3) is 5.06. The lowest BCUT2D eigenvalue weighted by atomic mass is 9.87. The minimum absolute atomic E-state index is 0.0179. The topological polar surface area (TPSA) is 77.1 Å². The van der Waals surface area contributed by atoms with Crippen LogP contribution in [0.2, 0.25) is 0 Å². The number of hydrogen-bond donors (Lipinski definition) is 1. The van der Waals surface area contributed by atoms with Gasteiger partial charge in [0.25, 0.3) is 0 Å². The maximum absolute atomic E-state index is 13.1. The lowest BCUT2D eigenvalue weighted by molar-refractivity contribution is -0.134. The molecule has 0 unspecified atom stereocenters. The van der Waals surface area contributed by atoms with Gasteiger partial charge in [-0.25, -0.2) is 0 Å². The Bertz CT molecular complexity index is 732. The molecule has 2 atom stereocenters. The first kappa shape index (κ1) is 22.4. The molecule has 0 radical (unpaired) electrons. The average Bonchev–Trinajstić information content (AvgIpc) is 3.46. The zero-order valence-electron chi connectivity index (χ0n) is 18.3. The van der Waals surface area contributed by atoms with Gasteiger partial charge in [-0.05, 0) is 25.3 Å². The third-order valence-electron chi connectivity index (χ3n) is 6.34. The maximum atomic E-state index is 13.1. The quantitative estimate of drug-likeness (QED) is 0.624. The number of amides is 2. The number of benzene rings is 1. The molecule has 2 fully saturated rings. The standard InChI is InChI=1S/C23H34N2O5/c1-28-12-6-11-24-22(26)20-15-25(23(27)16-7-4-5-8-16)14-19(20)18-10-9-17(29-2)13-21(18)30-3/h9-10,13,16,19-20H,4-8,11-12,14-15H2,1-3H3,(H,24,26)/t19-,20+/m1/s1. The van der Waals surface area contributed by atoms with Gasteiger partial charge in [0.1, 0.15) is 11.5 Å². The second kappa shape index (κ2) is 10.7. The number of hydrogen-bond acceptors (Lipinski definition) is 5. The molecule has 0 bridgehead atoms. The molecule has 2 amide bonds. The Kier molecular flexibility index (Phi) is 7.96. The fraction of sp³-hybridized carbons (Fsp3) is 0.652. The van der Waals surface area contributed by atoms with Gasteiger partial charge >= 0.3 is 0 Å². The molecule has 1 heterocycles. The molecule has 30 heavy (non-hydrogen) atoms. The van der Waals surface area contributed by atoms with Crippen LogP contribution in [0.1, 0.15) is 43.6 Å². The monoisotopic (exact) mass is 418 g/mol. The van der Waals surface area contributed by atoms with Crippen LogP contribution >= 0.6 is 0 Å². The lowest BCUT2D eigenvalue weighted by Crippen LogP contribution is -2.37. The molecule has 3 rings (SSSR count). The van der Waals surface area contributed by atoms with Crippen molar-refractivity contribution >= 4 is 11.8 Å². The number of carbonyl (C=O) groups is 2. The van der Waals surface area contributed by atoms with Gasteiger partial charge in [-0.1, -0.05) is 18.9 Å². The Hall–Kier alpha value is -2.28. The summed E-state index contributed by atoms with van der Waals surface area (Å²) in [5.41, 5.74) is 0.942. The summed E-state index contributed by atoms with van der Waals surface area (Å²) >= 11 is 0. The van der Waals surface area contributed by atoms with E-state index in [9.17, 15) is 9.59 Å². The van der Waals surface area contributed by atoms with E-state index in [0.29, 0.717) is 37.7 Å². The molecular weight excluding hydrogens is 384 g/mol. The number of rotatable bonds is 9. The van der Waals surface area contributed by atoms with Gasteiger partial charge in [0.05, 0.1) is 20.1 Å². The van der Waals surface area contributed by atoms with Crippen molar-refractivity contribution in [2.45, 2.75) is 38.0 Å². The highest BCUT2D eigenvalue weighted by Crippen LogP contribution is 2.40. The first-order valence-corrected chi connectivity index (χ1v) is 10.9. The van der Waals surface area contributed by atoms with Crippen molar-refractivity contribution in [2.24, 2.45) is 11.8 Å². The van der Waals surface area contributed by atoms with Crippen LogP contribution in [0.15, 0.2) is 18.2 Å². The third-order valence-corrected chi connectivity index (χ3v) is 6.34. The number of nitrogens with zero attached hydrogens (tertiary/aromatic N) is 1. The van der Waals surface area contributed by atoms with Crippen LogP contribution < -0.4 is 14.8 Å². The van der Waals surface area contributed by atoms with Crippen molar-refractivity contribution in [3.8, 4) is 11.5 Å². The molecule has 7 heteroatoms. The predicted octanol–water partition coefficient (Wildman–Crippen LogP) is 2.59. The van der Waals surface area contributed by atoms with Gasteiger partial charge in [-0.3, -0.25) is 9.59 Å². The van der Waals surface area contributed by atoms with E-state index in [4.69, 9.17) is 14.2 Å². The predicted molar refractivity (Wildman–Crippen MR) is 114 cm³/mol. The molecule has 1 aliphatic carbocycles. The van der Waals surface area contributed by atoms with Gasteiger partial charge < -0.3 is 24.4 Å². The molecular formula is C23H34N2O5. The van der Waals surface area contributed by atoms with Gasteiger partial charge in [-0.2, -0.15) is 0 Å². The molecule has 2 aliphatic rings. The average molecular weight is 419 g/mol. The second-order valence-electron chi connectivity index (χ2n) is 8.18. The van der Waals surface area contributed by atoms with Crippen molar-refractivity contribution in [1.29, 1.82) is 0 Å². The summed E-state index contributed by atoms with van der Waals surface area (Å²) in [6.07, 6.45) is 4.91. The van der Waals surface area contributed by atoms with E-state index in [1.807, 2.05) is 23.1 Å². The first-order valence-electron chi connectivity index (χ1n) is 10.9. The molecule has 1 N–H and O–H groups in total. The smallest absolute Gasteiger partial charge is 0.225 e. The van der Waals surface area contributed by atoms with Crippen molar-refractivity contribution in [3.63, 3.8) is 0 Å². The van der Waals surface area contributed by atoms with Crippen molar-refractivity contribution in [1.82, 2.24) is 10.2 Å². The maximum Gasteiger partial charge on any atom is 0.225 e. The van der Waals surface area contributed by atoms with E-state index in [1.54, 1.807) is 21.3 Å². The lowest BCUT2D eigenvalue weighted by Gasteiger charge is -2.21. The highest BCUT2D eigenvalue weighted by molar-refractivity contribution is 5.84. The fourth-order valence-electron chi connectivity index (χ4n) is 4.68. The molecule has 166 valence electrons. The molecule has 1 aromatic rings. The number of likely N-dealkylation sites (tertiary alicyclic amines) is 1. The van der Waals surface area contributed by atoms with E-state index >= 15 is 0 Å². The number of carbonyl (C=O) groups excluding carboxylic acids is 2. The number of nitrogens with one attached hydrogen (secondary N) is 1. The summed E-state index contributed by atoms with van der Waals surface area (Å²) in [4.78, 5) is 28.0. The normalized spacial score (nSPS) is 21.6.